The van der Waals surface area contributed by atoms with Crippen LogP contribution in [0.4, 0.5) is 0 Å². The number of hydrogen-bond acceptors (Lipinski definition) is 6. The molecule has 0 fully saturated rings. The number of benzene rings is 1. The van der Waals surface area contributed by atoms with Gasteiger partial charge in [-0.1, -0.05) is 24.3 Å². The first-order valence-corrected chi connectivity index (χ1v) is 11.1. The third-order valence-electron chi connectivity index (χ3n) is 3.98. The van der Waals surface area contributed by atoms with Crippen molar-refractivity contribution in [1.82, 2.24) is 20.0 Å². The van der Waals surface area contributed by atoms with E-state index in [2.05, 4.69) is 20.0 Å². The number of carbonyl (C=O) groups excluding carboxylic acids is 1. The van der Waals surface area contributed by atoms with Crippen molar-refractivity contribution in [2.45, 2.75) is 18.7 Å². The zero-order chi connectivity index (χ0) is 20.0. The van der Waals surface area contributed by atoms with E-state index in [-0.39, 0.29) is 18.1 Å². The van der Waals surface area contributed by atoms with Crippen LogP contribution in [0.2, 0.25) is 0 Å². The van der Waals surface area contributed by atoms with E-state index in [1.807, 2.05) is 29.6 Å². The summed E-state index contributed by atoms with van der Waals surface area (Å²) in [5.74, 6) is -0.191. The van der Waals surface area contributed by atoms with Crippen LogP contribution in [0.15, 0.2) is 54.2 Å². The molecule has 0 saturated carbocycles. The number of hydrogen-bond donors (Lipinski definition) is 2. The average molecular weight is 417 g/mol. The van der Waals surface area contributed by atoms with Gasteiger partial charge in [-0.05, 0) is 30.3 Å². The molecule has 1 amide bonds. The highest BCUT2D eigenvalue weighted by Gasteiger charge is 2.10. The lowest BCUT2D eigenvalue weighted by molar-refractivity contribution is -0.120. The molecule has 0 aliphatic carbocycles. The first kappa shape index (κ1) is 20.1. The molecular formula is C19H20N4O3S2. The van der Waals surface area contributed by atoms with Crippen molar-refractivity contribution in [3.63, 3.8) is 0 Å². The van der Waals surface area contributed by atoms with Gasteiger partial charge >= 0.3 is 0 Å². The number of sulfonamides is 1. The third kappa shape index (κ3) is 5.69. The number of nitrogens with one attached hydrogen (secondary N) is 2. The molecule has 2 aromatic heterocycles. The van der Waals surface area contributed by atoms with Gasteiger partial charge in [-0.3, -0.25) is 9.78 Å². The van der Waals surface area contributed by atoms with Crippen LogP contribution in [0.25, 0.3) is 10.6 Å². The molecule has 146 valence electrons. The number of nitrogens with zero attached hydrogens (tertiary/aromatic N) is 2. The van der Waals surface area contributed by atoms with Gasteiger partial charge in [0, 0.05) is 29.9 Å². The molecule has 0 unspecified atom stereocenters. The molecule has 3 rings (SSSR count). The van der Waals surface area contributed by atoms with E-state index >= 15 is 0 Å². The summed E-state index contributed by atoms with van der Waals surface area (Å²) in [5, 5.41) is 5.57. The van der Waals surface area contributed by atoms with Crippen molar-refractivity contribution in [2.24, 2.45) is 0 Å². The van der Waals surface area contributed by atoms with Gasteiger partial charge in [-0.15, -0.1) is 11.3 Å². The van der Waals surface area contributed by atoms with Crippen molar-refractivity contribution >= 4 is 27.3 Å². The summed E-state index contributed by atoms with van der Waals surface area (Å²) >= 11 is 1.48. The second-order valence-electron chi connectivity index (χ2n) is 6.12. The van der Waals surface area contributed by atoms with E-state index in [9.17, 15) is 13.2 Å². The molecule has 0 aliphatic heterocycles. The van der Waals surface area contributed by atoms with E-state index in [0.29, 0.717) is 17.8 Å². The molecular weight excluding hydrogens is 396 g/mol. The van der Waals surface area contributed by atoms with Crippen molar-refractivity contribution < 1.29 is 13.2 Å². The van der Waals surface area contributed by atoms with Crippen LogP contribution in [0.1, 0.15) is 16.8 Å². The largest absolute Gasteiger partial charge is 0.352 e. The number of thiazole rings is 1. The minimum absolute atomic E-state index is 0.0702. The number of pyridine rings is 1. The average Bonchev–Trinajstić information content (AvgIpc) is 3.16. The smallest absolute Gasteiger partial charge is 0.226 e. The molecule has 7 nitrogen and oxygen atoms in total. The highest BCUT2D eigenvalue weighted by atomic mass is 32.2. The third-order valence-corrected chi connectivity index (χ3v) is 6.26. The molecule has 0 bridgehead atoms. The first-order valence-electron chi connectivity index (χ1n) is 8.56. The SMILES string of the molecule is CNS(=O)(=O)Cc1ccc(CNC(=O)Cc2csc(-c3cccnc3)n2)cc1. The molecule has 0 saturated heterocycles. The maximum absolute atomic E-state index is 12.2. The van der Waals surface area contributed by atoms with Crippen LogP contribution in [-0.2, 0) is 33.5 Å². The fourth-order valence-electron chi connectivity index (χ4n) is 2.48. The van der Waals surface area contributed by atoms with Crippen LogP contribution in [0.5, 0.6) is 0 Å². The number of aromatic nitrogens is 2. The van der Waals surface area contributed by atoms with E-state index in [0.717, 1.165) is 16.1 Å². The quantitative estimate of drug-likeness (QED) is 0.586. The second kappa shape index (κ2) is 9.05. The highest BCUT2D eigenvalue weighted by molar-refractivity contribution is 7.88. The predicted octanol–water partition coefficient (Wildman–Crippen LogP) is 2.11. The van der Waals surface area contributed by atoms with Crippen molar-refractivity contribution in [3.8, 4) is 10.6 Å². The number of rotatable bonds is 8. The predicted molar refractivity (Wildman–Crippen MR) is 109 cm³/mol. The maximum Gasteiger partial charge on any atom is 0.226 e. The van der Waals surface area contributed by atoms with Crippen LogP contribution < -0.4 is 10.0 Å². The lowest BCUT2D eigenvalue weighted by Gasteiger charge is -2.06. The fraction of sp³-hybridized carbons (Fsp3) is 0.211. The van der Waals surface area contributed by atoms with Gasteiger partial charge in [0.05, 0.1) is 17.9 Å². The van der Waals surface area contributed by atoms with Gasteiger partial charge in [0.2, 0.25) is 15.9 Å². The van der Waals surface area contributed by atoms with E-state index in [4.69, 9.17) is 0 Å². The van der Waals surface area contributed by atoms with Crippen LogP contribution in [-0.4, -0.2) is 31.3 Å². The lowest BCUT2D eigenvalue weighted by Crippen LogP contribution is -2.24. The molecule has 3 aromatic rings. The minimum Gasteiger partial charge on any atom is -0.352 e. The Hall–Kier alpha value is -2.62. The Morgan fingerprint density at radius 1 is 1.14 bits per heavy atom. The van der Waals surface area contributed by atoms with Crippen molar-refractivity contribution in [2.75, 3.05) is 7.05 Å². The van der Waals surface area contributed by atoms with Crippen LogP contribution in [0.3, 0.4) is 0 Å². The molecule has 0 spiro atoms. The molecule has 9 heteroatoms. The van der Waals surface area contributed by atoms with Gasteiger partial charge in [0.1, 0.15) is 5.01 Å². The van der Waals surface area contributed by atoms with Gasteiger partial charge in [0.25, 0.3) is 0 Å². The number of carbonyl (C=O) groups is 1. The number of amides is 1. The summed E-state index contributed by atoms with van der Waals surface area (Å²) in [5.41, 5.74) is 3.23. The highest BCUT2D eigenvalue weighted by Crippen LogP contribution is 2.22. The van der Waals surface area contributed by atoms with E-state index in [1.54, 1.807) is 24.5 Å². The molecule has 0 atom stereocenters. The minimum atomic E-state index is -3.29. The van der Waals surface area contributed by atoms with E-state index < -0.39 is 10.0 Å². The zero-order valence-corrected chi connectivity index (χ0v) is 16.9. The Morgan fingerprint density at radius 2 is 1.89 bits per heavy atom. The first-order chi connectivity index (χ1) is 13.4. The Morgan fingerprint density at radius 3 is 2.57 bits per heavy atom. The fourth-order valence-corrected chi connectivity index (χ4v) is 4.07. The normalized spacial score (nSPS) is 11.3. The Kier molecular flexibility index (Phi) is 6.50. The van der Waals surface area contributed by atoms with Crippen LogP contribution in [0, 0.1) is 0 Å². The molecule has 1 aromatic carbocycles. The summed E-state index contributed by atoms with van der Waals surface area (Å²) in [6, 6.07) is 10.9. The topological polar surface area (TPSA) is 101 Å². The van der Waals surface area contributed by atoms with Crippen LogP contribution >= 0.6 is 11.3 Å². The lowest BCUT2D eigenvalue weighted by atomic mass is 10.1. The van der Waals surface area contributed by atoms with Crippen molar-refractivity contribution in [3.05, 3.63) is 71.0 Å². The molecule has 2 heterocycles. The van der Waals surface area contributed by atoms with E-state index in [1.165, 1.54) is 18.4 Å². The Labute approximate surface area is 167 Å². The van der Waals surface area contributed by atoms with Gasteiger partial charge in [0.15, 0.2) is 0 Å². The van der Waals surface area contributed by atoms with Gasteiger partial charge < -0.3 is 5.32 Å². The van der Waals surface area contributed by atoms with Gasteiger partial charge in [-0.2, -0.15) is 0 Å². The molecule has 2 N–H and O–H groups in total. The zero-order valence-electron chi connectivity index (χ0n) is 15.3. The molecule has 0 radical (unpaired) electrons. The summed E-state index contributed by atoms with van der Waals surface area (Å²) in [6.45, 7) is 0.373. The van der Waals surface area contributed by atoms with Crippen molar-refractivity contribution in [1.29, 1.82) is 0 Å². The Bertz CT molecular complexity index is 1030. The monoisotopic (exact) mass is 416 g/mol. The summed E-state index contributed by atoms with van der Waals surface area (Å²) in [6.07, 6.45) is 3.65. The summed E-state index contributed by atoms with van der Waals surface area (Å²) < 4.78 is 25.4. The summed E-state index contributed by atoms with van der Waals surface area (Å²) in [7, 11) is -1.90. The molecule has 28 heavy (non-hydrogen) atoms. The van der Waals surface area contributed by atoms with Gasteiger partial charge in [-0.25, -0.2) is 18.1 Å². The Balaban J connectivity index is 1.51. The maximum atomic E-state index is 12.2. The molecule has 0 aliphatic rings. The summed E-state index contributed by atoms with van der Waals surface area (Å²) in [4.78, 5) is 20.7. The standard InChI is InChI=1S/C19H20N4O3S2/c1-20-28(25,26)13-15-6-4-14(5-7-15)10-22-18(24)9-17-12-27-19(23-17)16-3-2-8-21-11-16/h2-8,11-12,20H,9-10,13H2,1H3,(H,22,24). The second-order valence-corrected chi connectivity index (χ2v) is 8.90.